The molecule has 168 valence electrons. The zero-order valence-electron chi connectivity index (χ0n) is 17.7. The van der Waals surface area contributed by atoms with Gasteiger partial charge in [-0.1, -0.05) is 17.7 Å². The first kappa shape index (κ1) is 24.0. The van der Waals surface area contributed by atoms with Crippen molar-refractivity contribution in [2.24, 2.45) is 0 Å². The van der Waals surface area contributed by atoms with E-state index >= 15 is 0 Å². The van der Waals surface area contributed by atoms with Crippen LogP contribution in [-0.2, 0) is 6.54 Å². The summed E-state index contributed by atoms with van der Waals surface area (Å²) in [6, 6.07) is 16.7. The second-order valence-electron chi connectivity index (χ2n) is 7.69. The van der Waals surface area contributed by atoms with Gasteiger partial charge in [-0.3, -0.25) is 4.79 Å². The van der Waals surface area contributed by atoms with Crippen molar-refractivity contribution >= 4 is 41.4 Å². The highest BCUT2D eigenvalue weighted by Crippen LogP contribution is 2.22. The number of halogens is 3. The van der Waals surface area contributed by atoms with E-state index in [1.54, 1.807) is 47.5 Å². The Morgan fingerprint density at radius 2 is 1.66 bits per heavy atom. The summed E-state index contributed by atoms with van der Waals surface area (Å²) in [6.45, 7) is 4.23. The molecule has 0 bridgehead atoms. The molecule has 0 radical (unpaired) electrons. The van der Waals surface area contributed by atoms with Gasteiger partial charge in [0.15, 0.2) is 0 Å². The van der Waals surface area contributed by atoms with Gasteiger partial charge in [0.1, 0.15) is 11.6 Å². The normalized spacial score (nSPS) is 14.0. The summed E-state index contributed by atoms with van der Waals surface area (Å²) in [5, 5.41) is 0.563. The van der Waals surface area contributed by atoms with Gasteiger partial charge in [-0.25, -0.2) is 9.37 Å². The molecule has 1 amide bonds. The number of likely N-dealkylation sites (N-methyl/N-ethyl adjacent to an activating group) is 1. The highest BCUT2D eigenvalue weighted by atomic mass is 35.5. The van der Waals surface area contributed by atoms with Gasteiger partial charge in [-0.2, -0.15) is 0 Å². The molecule has 0 unspecified atom stereocenters. The van der Waals surface area contributed by atoms with Gasteiger partial charge >= 0.3 is 0 Å². The van der Waals surface area contributed by atoms with Gasteiger partial charge in [0, 0.05) is 48.6 Å². The maximum atomic E-state index is 13.5. The maximum absolute atomic E-state index is 13.5. The molecule has 1 aromatic heterocycles. The quantitative estimate of drug-likeness (QED) is 0.527. The number of anilines is 2. The van der Waals surface area contributed by atoms with Crippen molar-refractivity contribution in [2.75, 3.05) is 43.0 Å². The lowest BCUT2D eigenvalue weighted by Gasteiger charge is -2.33. The van der Waals surface area contributed by atoms with Gasteiger partial charge in [0.25, 0.3) is 5.91 Å². The highest BCUT2D eigenvalue weighted by Gasteiger charge is 2.20. The topological polar surface area (TPSA) is 39.7 Å². The third kappa shape index (κ3) is 5.76. The van der Waals surface area contributed by atoms with Crippen LogP contribution < -0.4 is 9.80 Å². The first-order valence-corrected chi connectivity index (χ1v) is 10.6. The van der Waals surface area contributed by atoms with E-state index in [9.17, 15) is 9.18 Å². The number of pyridine rings is 1. The molecule has 0 saturated carbocycles. The summed E-state index contributed by atoms with van der Waals surface area (Å²) in [5.74, 6) is 0.404. The first-order chi connectivity index (χ1) is 15.0. The Bertz CT molecular complexity index is 1020. The number of piperazine rings is 1. The van der Waals surface area contributed by atoms with E-state index in [1.165, 1.54) is 12.1 Å². The Morgan fingerprint density at radius 3 is 2.25 bits per heavy atom. The number of nitrogens with zero attached hydrogens (tertiary/aromatic N) is 4. The molecule has 4 rings (SSSR count). The van der Waals surface area contributed by atoms with Crippen LogP contribution >= 0.6 is 24.0 Å². The summed E-state index contributed by atoms with van der Waals surface area (Å²) in [4.78, 5) is 24.1. The van der Waals surface area contributed by atoms with Crippen molar-refractivity contribution in [1.82, 2.24) is 9.88 Å². The predicted octanol–water partition coefficient (Wildman–Crippen LogP) is 4.89. The van der Waals surface area contributed by atoms with E-state index in [1.807, 2.05) is 12.1 Å². The minimum absolute atomic E-state index is 0. The van der Waals surface area contributed by atoms with E-state index in [2.05, 4.69) is 21.8 Å². The Balaban J connectivity index is 0.00000289. The van der Waals surface area contributed by atoms with E-state index in [0.717, 1.165) is 37.6 Å². The molecule has 1 fully saturated rings. The fraction of sp³-hybridized carbons (Fsp3) is 0.250. The smallest absolute Gasteiger partial charge is 0.258 e. The second kappa shape index (κ2) is 10.8. The van der Waals surface area contributed by atoms with Crippen LogP contribution in [0.5, 0.6) is 0 Å². The van der Waals surface area contributed by atoms with Crippen molar-refractivity contribution in [2.45, 2.75) is 6.54 Å². The van der Waals surface area contributed by atoms with Crippen molar-refractivity contribution < 1.29 is 9.18 Å². The fourth-order valence-electron chi connectivity index (χ4n) is 3.57. The number of carbonyl (C=O) groups excluding carboxylic acids is 1. The van der Waals surface area contributed by atoms with Crippen LogP contribution in [0.2, 0.25) is 5.02 Å². The lowest BCUT2D eigenvalue weighted by molar-refractivity contribution is 0.0985. The van der Waals surface area contributed by atoms with Gasteiger partial charge in [-0.05, 0) is 67.2 Å². The molecular weight excluding hydrogens is 450 g/mol. The third-order valence-electron chi connectivity index (χ3n) is 5.45. The molecule has 2 aromatic carbocycles. The van der Waals surface area contributed by atoms with E-state index in [0.29, 0.717) is 22.8 Å². The van der Waals surface area contributed by atoms with E-state index in [4.69, 9.17) is 11.6 Å². The summed E-state index contributed by atoms with van der Waals surface area (Å²) in [5.41, 5.74) is 2.02. The molecule has 1 aliphatic rings. The first-order valence-electron chi connectivity index (χ1n) is 10.2. The number of aromatic nitrogens is 1. The molecule has 1 saturated heterocycles. The lowest BCUT2D eigenvalue weighted by Crippen LogP contribution is -2.44. The molecule has 2 heterocycles. The van der Waals surface area contributed by atoms with Gasteiger partial charge < -0.3 is 14.7 Å². The van der Waals surface area contributed by atoms with Crippen LogP contribution in [0.1, 0.15) is 15.9 Å². The minimum Gasteiger partial charge on any atom is -0.354 e. The van der Waals surface area contributed by atoms with Gasteiger partial charge in [0.2, 0.25) is 0 Å². The van der Waals surface area contributed by atoms with Crippen LogP contribution in [-0.4, -0.2) is 49.0 Å². The van der Waals surface area contributed by atoms with Crippen LogP contribution in [0.3, 0.4) is 0 Å². The third-order valence-corrected chi connectivity index (χ3v) is 5.70. The highest BCUT2D eigenvalue weighted by molar-refractivity contribution is 6.30. The predicted molar refractivity (Wildman–Crippen MR) is 130 cm³/mol. The molecule has 3 aromatic rings. The van der Waals surface area contributed by atoms with Crippen LogP contribution in [0, 0.1) is 5.82 Å². The SMILES string of the molecule is CN1CCN(c2ccc(CN(C(=O)c3ccc(Cl)cc3)c3ccc(F)cc3)cn2)CC1.Cl. The average molecular weight is 475 g/mol. The van der Waals surface area contributed by atoms with Crippen molar-refractivity contribution in [1.29, 1.82) is 0 Å². The monoisotopic (exact) mass is 474 g/mol. The molecule has 0 spiro atoms. The van der Waals surface area contributed by atoms with Crippen LogP contribution in [0.15, 0.2) is 66.9 Å². The van der Waals surface area contributed by atoms with Crippen LogP contribution in [0.4, 0.5) is 15.9 Å². The number of rotatable bonds is 5. The molecule has 0 atom stereocenters. The van der Waals surface area contributed by atoms with Crippen molar-refractivity contribution in [3.63, 3.8) is 0 Å². The molecule has 32 heavy (non-hydrogen) atoms. The van der Waals surface area contributed by atoms with Crippen LogP contribution in [0.25, 0.3) is 0 Å². The zero-order chi connectivity index (χ0) is 21.8. The average Bonchev–Trinajstić information content (AvgIpc) is 2.79. The molecule has 8 heteroatoms. The molecule has 0 N–H and O–H groups in total. The zero-order valence-corrected chi connectivity index (χ0v) is 19.3. The number of benzene rings is 2. The van der Waals surface area contributed by atoms with Gasteiger partial charge in [-0.15, -0.1) is 12.4 Å². The van der Waals surface area contributed by atoms with Gasteiger partial charge in [0.05, 0.1) is 6.54 Å². The number of carbonyl (C=O) groups is 1. The molecular formula is C24H25Cl2FN4O. The standard InChI is InChI=1S/C24H24ClFN4O.ClH/c1-28-12-14-29(15-13-28)23-11-2-18(16-27-23)17-30(22-9-7-21(26)8-10-22)24(31)19-3-5-20(25)6-4-19;/h2-11,16H,12-15,17H2,1H3;1H. The summed E-state index contributed by atoms with van der Waals surface area (Å²) < 4.78 is 13.5. The Labute approximate surface area is 198 Å². The second-order valence-corrected chi connectivity index (χ2v) is 8.13. The largest absolute Gasteiger partial charge is 0.354 e. The summed E-state index contributed by atoms with van der Waals surface area (Å²) in [6.07, 6.45) is 1.80. The molecule has 5 nitrogen and oxygen atoms in total. The Morgan fingerprint density at radius 1 is 1.00 bits per heavy atom. The fourth-order valence-corrected chi connectivity index (χ4v) is 3.69. The number of amides is 1. The van der Waals surface area contributed by atoms with Crippen molar-refractivity contribution in [3.05, 3.63) is 88.8 Å². The summed E-state index contributed by atoms with van der Waals surface area (Å²) >= 11 is 5.97. The Kier molecular flexibility index (Phi) is 8.07. The summed E-state index contributed by atoms with van der Waals surface area (Å²) in [7, 11) is 2.12. The molecule has 1 aliphatic heterocycles. The lowest BCUT2D eigenvalue weighted by atomic mass is 10.1. The van der Waals surface area contributed by atoms with E-state index < -0.39 is 0 Å². The van der Waals surface area contributed by atoms with E-state index in [-0.39, 0.29) is 24.1 Å². The Hall–Kier alpha value is -2.67. The minimum atomic E-state index is -0.346. The number of hydrogen-bond acceptors (Lipinski definition) is 4. The number of hydrogen-bond donors (Lipinski definition) is 0. The van der Waals surface area contributed by atoms with Crippen molar-refractivity contribution in [3.8, 4) is 0 Å². The maximum Gasteiger partial charge on any atom is 0.258 e. The molecule has 0 aliphatic carbocycles.